The predicted molar refractivity (Wildman–Crippen MR) is 81.0 cm³/mol. The van der Waals surface area contributed by atoms with E-state index in [-0.39, 0.29) is 0 Å². The number of methoxy groups -OCH3 is 1. The van der Waals surface area contributed by atoms with E-state index in [2.05, 4.69) is 0 Å². The first-order chi connectivity index (χ1) is 10.2. The lowest BCUT2D eigenvalue weighted by Gasteiger charge is -2.09. The van der Waals surface area contributed by atoms with E-state index in [0.717, 1.165) is 22.2 Å². The average Bonchev–Trinajstić information content (AvgIpc) is 2.87. The maximum absolute atomic E-state index is 11.4. The zero-order valence-corrected chi connectivity index (χ0v) is 11.6. The van der Waals surface area contributed by atoms with Crippen LogP contribution in [0.2, 0.25) is 0 Å². The van der Waals surface area contributed by atoms with Crippen molar-refractivity contribution in [2.75, 3.05) is 7.11 Å². The summed E-state index contributed by atoms with van der Waals surface area (Å²) in [4.78, 5) is 11.4. The van der Waals surface area contributed by atoms with Crippen molar-refractivity contribution in [3.05, 3.63) is 65.9 Å². The summed E-state index contributed by atoms with van der Waals surface area (Å²) in [6, 6.07) is 17.0. The number of benzene rings is 2. The van der Waals surface area contributed by atoms with Crippen LogP contribution in [0.1, 0.15) is 16.1 Å². The maximum Gasteiger partial charge on any atom is 0.352 e. The van der Waals surface area contributed by atoms with Gasteiger partial charge in [0.1, 0.15) is 11.4 Å². The summed E-state index contributed by atoms with van der Waals surface area (Å²) >= 11 is 0. The summed E-state index contributed by atoms with van der Waals surface area (Å²) in [7, 11) is 1.62. The molecule has 21 heavy (non-hydrogen) atoms. The molecule has 4 nitrogen and oxygen atoms in total. The van der Waals surface area contributed by atoms with Gasteiger partial charge >= 0.3 is 5.97 Å². The fourth-order valence-corrected chi connectivity index (χ4v) is 2.47. The van der Waals surface area contributed by atoms with Crippen LogP contribution >= 0.6 is 0 Å². The fraction of sp³-hybridized carbons (Fsp3) is 0.118. The van der Waals surface area contributed by atoms with Gasteiger partial charge in [0.2, 0.25) is 0 Å². The Kier molecular flexibility index (Phi) is 3.36. The van der Waals surface area contributed by atoms with Gasteiger partial charge in [-0.1, -0.05) is 30.3 Å². The Morgan fingerprint density at radius 3 is 2.52 bits per heavy atom. The number of hydrogen-bond acceptors (Lipinski definition) is 2. The average molecular weight is 281 g/mol. The molecule has 1 aromatic heterocycles. The largest absolute Gasteiger partial charge is 0.497 e. The molecule has 0 saturated heterocycles. The van der Waals surface area contributed by atoms with Gasteiger partial charge in [0, 0.05) is 17.4 Å². The first-order valence-electron chi connectivity index (χ1n) is 6.63. The number of ether oxygens (including phenoxy) is 1. The van der Waals surface area contributed by atoms with Crippen molar-refractivity contribution in [2.45, 2.75) is 6.54 Å². The third-order valence-electron chi connectivity index (χ3n) is 3.53. The number of carboxylic acids is 1. The second-order valence-electron chi connectivity index (χ2n) is 4.83. The number of rotatable bonds is 4. The Balaban J connectivity index is 2.05. The van der Waals surface area contributed by atoms with Crippen molar-refractivity contribution in [1.82, 2.24) is 4.57 Å². The molecule has 0 aliphatic carbocycles. The SMILES string of the molecule is COc1ccc(Cn2c(C(=O)O)cc3ccccc32)cc1. The summed E-state index contributed by atoms with van der Waals surface area (Å²) in [5, 5.41) is 10.3. The van der Waals surface area contributed by atoms with Crippen molar-refractivity contribution in [2.24, 2.45) is 0 Å². The Morgan fingerprint density at radius 1 is 1.14 bits per heavy atom. The zero-order chi connectivity index (χ0) is 14.8. The topological polar surface area (TPSA) is 51.5 Å². The highest BCUT2D eigenvalue weighted by atomic mass is 16.5. The molecule has 0 atom stereocenters. The molecule has 106 valence electrons. The highest BCUT2D eigenvalue weighted by molar-refractivity contribution is 5.94. The van der Waals surface area contributed by atoms with E-state index in [1.54, 1.807) is 13.2 Å². The number of nitrogens with zero attached hydrogens (tertiary/aromatic N) is 1. The number of aromatic nitrogens is 1. The molecule has 0 aliphatic rings. The third-order valence-corrected chi connectivity index (χ3v) is 3.53. The lowest BCUT2D eigenvalue weighted by Crippen LogP contribution is -2.09. The molecule has 3 aromatic rings. The Morgan fingerprint density at radius 2 is 1.86 bits per heavy atom. The van der Waals surface area contributed by atoms with E-state index < -0.39 is 5.97 Å². The Hall–Kier alpha value is -2.75. The van der Waals surface area contributed by atoms with Crippen LogP contribution in [0.25, 0.3) is 10.9 Å². The van der Waals surface area contributed by atoms with Crippen LogP contribution in [0.4, 0.5) is 0 Å². The number of carboxylic acid groups (broad SMARTS) is 1. The Bertz CT molecular complexity index is 787. The van der Waals surface area contributed by atoms with E-state index in [9.17, 15) is 9.90 Å². The molecule has 3 rings (SSSR count). The van der Waals surface area contributed by atoms with E-state index in [0.29, 0.717) is 12.2 Å². The van der Waals surface area contributed by atoms with Crippen molar-refractivity contribution in [3.63, 3.8) is 0 Å². The molecule has 0 saturated carbocycles. The van der Waals surface area contributed by atoms with Crippen molar-refractivity contribution in [3.8, 4) is 5.75 Å². The maximum atomic E-state index is 11.4. The summed E-state index contributed by atoms with van der Waals surface area (Å²) in [6.07, 6.45) is 0. The molecule has 0 radical (unpaired) electrons. The number of para-hydroxylation sites is 1. The molecule has 2 aromatic carbocycles. The molecule has 0 bridgehead atoms. The molecule has 1 heterocycles. The van der Waals surface area contributed by atoms with Crippen molar-refractivity contribution >= 4 is 16.9 Å². The molecule has 1 N–H and O–H groups in total. The third kappa shape index (κ3) is 2.48. The van der Waals surface area contributed by atoms with Gasteiger partial charge in [-0.3, -0.25) is 0 Å². The predicted octanol–water partition coefficient (Wildman–Crippen LogP) is 3.40. The van der Waals surface area contributed by atoms with Crippen LogP contribution in [0.15, 0.2) is 54.6 Å². The number of carbonyl (C=O) groups is 1. The molecule has 0 spiro atoms. The normalized spacial score (nSPS) is 10.7. The van der Waals surface area contributed by atoms with Gasteiger partial charge < -0.3 is 14.4 Å². The second-order valence-corrected chi connectivity index (χ2v) is 4.83. The van der Waals surface area contributed by atoms with E-state index in [1.165, 1.54) is 0 Å². The van der Waals surface area contributed by atoms with Crippen LogP contribution in [0.3, 0.4) is 0 Å². The zero-order valence-electron chi connectivity index (χ0n) is 11.6. The van der Waals surface area contributed by atoms with E-state index in [1.807, 2.05) is 53.1 Å². The molecule has 0 fully saturated rings. The van der Waals surface area contributed by atoms with E-state index >= 15 is 0 Å². The van der Waals surface area contributed by atoms with Crippen LogP contribution in [-0.2, 0) is 6.54 Å². The van der Waals surface area contributed by atoms with Crippen LogP contribution < -0.4 is 4.74 Å². The van der Waals surface area contributed by atoms with Crippen LogP contribution in [0.5, 0.6) is 5.75 Å². The minimum atomic E-state index is -0.917. The quantitative estimate of drug-likeness (QED) is 0.797. The van der Waals surface area contributed by atoms with Gasteiger partial charge in [0.15, 0.2) is 0 Å². The minimum absolute atomic E-state index is 0.298. The molecule has 0 amide bonds. The standard InChI is InChI=1S/C17H15NO3/c1-21-14-8-6-12(7-9-14)11-18-15-5-3-2-4-13(15)10-16(18)17(19)20/h2-10H,11H2,1H3,(H,19,20). The monoisotopic (exact) mass is 281 g/mol. The molecular formula is C17H15NO3. The first kappa shape index (κ1) is 13.2. The summed E-state index contributed by atoms with van der Waals surface area (Å²) in [5.41, 5.74) is 2.25. The van der Waals surface area contributed by atoms with Gasteiger partial charge in [0.05, 0.1) is 7.11 Å². The van der Waals surface area contributed by atoms with Crippen molar-refractivity contribution < 1.29 is 14.6 Å². The minimum Gasteiger partial charge on any atom is -0.497 e. The van der Waals surface area contributed by atoms with Gasteiger partial charge in [-0.25, -0.2) is 4.79 Å². The highest BCUT2D eigenvalue weighted by Gasteiger charge is 2.14. The van der Waals surface area contributed by atoms with Gasteiger partial charge in [-0.15, -0.1) is 0 Å². The lowest BCUT2D eigenvalue weighted by molar-refractivity contribution is 0.0686. The van der Waals surface area contributed by atoms with Crippen molar-refractivity contribution in [1.29, 1.82) is 0 Å². The van der Waals surface area contributed by atoms with Crippen LogP contribution in [-0.4, -0.2) is 22.8 Å². The summed E-state index contributed by atoms with van der Waals surface area (Å²) < 4.78 is 6.95. The fourth-order valence-electron chi connectivity index (χ4n) is 2.47. The smallest absolute Gasteiger partial charge is 0.352 e. The van der Waals surface area contributed by atoms with Gasteiger partial charge in [0.25, 0.3) is 0 Å². The first-order valence-corrected chi connectivity index (χ1v) is 6.63. The second kappa shape index (κ2) is 5.32. The highest BCUT2D eigenvalue weighted by Crippen LogP contribution is 2.22. The number of aromatic carboxylic acids is 1. The Labute approximate surface area is 122 Å². The van der Waals surface area contributed by atoms with Crippen LogP contribution in [0, 0.1) is 0 Å². The van der Waals surface area contributed by atoms with Gasteiger partial charge in [-0.05, 0) is 29.8 Å². The number of hydrogen-bond donors (Lipinski definition) is 1. The molecule has 0 unspecified atom stereocenters. The molecular weight excluding hydrogens is 266 g/mol. The van der Waals surface area contributed by atoms with E-state index in [4.69, 9.17) is 4.74 Å². The molecule has 0 aliphatic heterocycles. The van der Waals surface area contributed by atoms with Gasteiger partial charge in [-0.2, -0.15) is 0 Å². The lowest BCUT2D eigenvalue weighted by atomic mass is 10.2. The number of fused-ring (bicyclic) bond motifs is 1. The molecule has 4 heteroatoms. The summed E-state index contributed by atoms with van der Waals surface area (Å²) in [5.74, 6) is -0.130. The summed E-state index contributed by atoms with van der Waals surface area (Å²) in [6.45, 7) is 0.513.